The number of esters is 1. The molecule has 0 radical (unpaired) electrons. The average molecular weight is 358 g/mol. The molecular formula is C19H22N2O5. The van der Waals surface area contributed by atoms with Crippen LogP contribution in [0.1, 0.15) is 44.1 Å². The van der Waals surface area contributed by atoms with Crippen molar-refractivity contribution in [3.05, 3.63) is 46.3 Å². The summed E-state index contributed by atoms with van der Waals surface area (Å²) in [5.41, 5.74) is 2.98. The Morgan fingerprint density at radius 3 is 2.65 bits per heavy atom. The third kappa shape index (κ3) is 5.84. The van der Waals surface area contributed by atoms with Crippen LogP contribution in [0.5, 0.6) is 0 Å². The van der Waals surface area contributed by atoms with Crippen LogP contribution < -0.4 is 10.9 Å². The first-order valence-corrected chi connectivity index (χ1v) is 8.51. The molecule has 1 aromatic carbocycles. The van der Waals surface area contributed by atoms with Crippen molar-refractivity contribution in [1.29, 1.82) is 0 Å². The molecule has 0 spiro atoms. The topological polar surface area (TPSA) is 98.0 Å². The standard InChI is InChI=1S/C19H22N2O5/c1-25-18(23)11-5-3-2-4-10-17(22)21-20-12-14-13-26-16-9-7-6-8-15(16)19(14)24/h6-9,12-13H,2-5,10-11H2,1H3,(H,21,22)/b20-12+. The summed E-state index contributed by atoms with van der Waals surface area (Å²) in [7, 11) is 1.37. The molecule has 0 saturated carbocycles. The van der Waals surface area contributed by atoms with Crippen molar-refractivity contribution in [2.45, 2.75) is 38.5 Å². The lowest BCUT2D eigenvalue weighted by molar-refractivity contribution is -0.140. The molecule has 0 aliphatic rings. The molecule has 26 heavy (non-hydrogen) atoms. The van der Waals surface area contributed by atoms with Crippen LogP contribution in [0.25, 0.3) is 11.0 Å². The summed E-state index contributed by atoms with van der Waals surface area (Å²) >= 11 is 0. The van der Waals surface area contributed by atoms with E-state index in [0.29, 0.717) is 30.2 Å². The van der Waals surface area contributed by atoms with E-state index in [9.17, 15) is 14.4 Å². The minimum atomic E-state index is -0.223. The van der Waals surface area contributed by atoms with Gasteiger partial charge in [0.05, 0.1) is 24.3 Å². The minimum absolute atomic E-state index is 0.199. The van der Waals surface area contributed by atoms with Crippen molar-refractivity contribution in [3.63, 3.8) is 0 Å². The normalized spacial score (nSPS) is 11.0. The first-order chi connectivity index (χ1) is 12.6. The predicted octanol–water partition coefficient (Wildman–Crippen LogP) is 2.76. The van der Waals surface area contributed by atoms with E-state index in [4.69, 9.17) is 4.42 Å². The largest absolute Gasteiger partial charge is 0.469 e. The van der Waals surface area contributed by atoms with Crippen LogP contribution in [0, 0.1) is 0 Å². The fourth-order valence-corrected chi connectivity index (χ4v) is 2.42. The highest BCUT2D eigenvalue weighted by atomic mass is 16.5. The Labute approximate surface area is 151 Å². The quantitative estimate of drug-likeness (QED) is 0.322. The third-order valence-corrected chi connectivity index (χ3v) is 3.86. The highest BCUT2D eigenvalue weighted by Gasteiger charge is 2.05. The van der Waals surface area contributed by atoms with Crippen LogP contribution >= 0.6 is 0 Å². The number of hydrogen-bond donors (Lipinski definition) is 1. The second-order valence-electron chi connectivity index (χ2n) is 5.80. The van der Waals surface area contributed by atoms with Gasteiger partial charge in [0, 0.05) is 12.8 Å². The fourth-order valence-electron chi connectivity index (χ4n) is 2.42. The molecule has 1 amide bonds. The Balaban J connectivity index is 1.73. The van der Waals surface area contributed by atoms with Gasteiger partial charge in [-0.3, -0.25) is 14.4 Å². The molecule has 1 N–H and O–H groups in total. The van der Waals surface area contributed by atoms with E-state index in [1.807, 2.05) is 0 Å². The van der Waals surface area contributed by atoms with E-state index < -0.39 is 0 Å². The number of hydrogen-bond acceptors (Lipinski definition) is 6. The van der Waals surface area contributed by atoms with Crippen LogP contribution in [0.3, 0.4) is 0 Å². The summed E-state index contributed by atoms with van der Waals surface area (Å²) in [6.45, 7) is 0. The number of amides is 1. The molecule has 1 heterocycles. The molecule has 7 nitrogen and oxygen atoms in total. The maximum Gasteiger partial charge on any atom is 0.305 e. The van der Waals surface area contributed by atoms with Gasteiger partial charge in [0.2, 0.25) is 11.3 Å². The number of rotatable bonds is 9. The maximum absolute atomic E-state index is 12.2. The zero-order valence-electron chi connectivity index (χ0n) is 14.7. The molecule has 0 saturated heterocycles. The van der Waals surface area contributed by atoms with Crippen molar-refractivity contribution in [2.24, 2.45) is 5.10 Å². The molecule has 0 atom stereocenters. The van der Waals surface area contributed by atoms with Crippen LogP contribution in [-0.2, 0) is 14.3 Å². The lowest BCUT2D eigenvalue weighted by atomic mass is 10.1. The summed E-state index contributed by atoms with van der Waals surface area (Å²) in [4.78, 5) is 34.9. The number of para-hydroxylation sites is 1. The lowest BCUT2D eigenvalue weighted by Gasteiger charge is -2.01. The van der Waals surface area contributed by atoms with Gasteiger partial charge in [-0.2, -0.15) is 5.10 Å². The monoisotopic (exact) mass is 358 g/mol. The van der Waals surface area contributed by atoms with Gasteiger partial charge >= 0.3 is 5.97 Å². The van der Waals surface area contributed by atoms with Gasteiger partial charge in [0.1, 0.15) is 11.8 Å². The SMILES string of the molecule is COC(=O)CCCCCCC(=O)N/N=C/c1coc2ccccc2c1=O. The molecule has 0 fully saturated rings. The Kier molecular flexibility index (Phi) is 7.54. The Hall–Kier alpha value is -2.96. The van der Waals surface area contributed by atoms with E-state index in [-0.39, 0.29) is 22.9 Å². The smallest absolute Gasteiger partial charge is 0.305 e. The van der Waals surface area contributed by atoms with Crippen molar-refractivity contribution < 1.29 is 18.7 Å². The van der Waals surface area contributed by atoms with E-state index >= 15 is 0 Å². The number of benzene rings is 1. The molecule has 138 valence electrons. The number of ether oxygens (including phenoxy) is 1. The molecule has 0 aliphatic carbocycles. The lowest BCUT2D eigenvalue weighted by Crippen LogP contribution is -2.18. The van der Waals surface area contributed by atoms with Gasteiger partial charge in [0.25, 0.3) is 0 Å². The van der Waals surface area contributed by atoms with Crippen LogP contribution in [0.4, 0.5) is 0 Å². The Bertz CT molecular complexity index is 841. The maximum atomic E-state index is 12.2. The van der Waals surface area contributed by atoms with Gasteiger partial charge in [-0.05, 0) is 25.0 Å². The van der Waals surface area contributed by atoms with Crippen molar-refractivity contribution >= 4 is 29.1 Å². The Morgan fingerprint density at radius 1 is 1.15 bits per heavy atom. The molecule has 0 unspecified atom stereocenters. The van der Waals surface area contributed by atoms with Crippen LogP contribution in [-0.4, -0.2) is 25.2 Å². The number of unbranched alkanes of at least 4 members (excludes halogenated alkanes) is 3. The zero-order chi connectivity index (χ0) is 18.8. The van der Waals surface area contributed by atoms with E-state index in [1.165, 1.54) is 19.6 Å². The molecule has 1 aromatic heterocycles. The Morgan fingerprint density at radius 2 is 1.88 bits per heavy atom. The van der Waals surface area contributed by atoms with Crippen LogP contribution in [0.15, 0.2) is 44.8 Å². The highest BCUT2D eigenvalue weighted by Crippen LogP contribution is 2.09. The summed E-state index contributed by atoms with van der Waals surface area (Å²) < 4.78 is 9.93. The van der Waals surface area contributed by atoms with Crippen molar-refractivity contribution in [2.75, 3.05) is 7.11 Å². The second kappa shape index (κ2) is 10.1. The molecule has 0 bridgehead atoms. The van der Waals surface area contributed by atoms with Gasteiger partial charge in [-0.25, -0.2) is 5.43 Å². The molecule has 2 rings (SSSR count). The van der Waals surface area contributed by atoms with E-state index in [0.717, 1.165) is 19.3 Å². The second-order valence-corrected chi connectivity index (χ2v) is 5.80. The van der Waals surface area contributed by atoms with Gasteiger partial charge in [-0.1, -0.05) is 25.0 Å². The first-order valence-electron chi connectivity index (χ1n) is 8.51. The molecule has 7 heteroatoms. The number of carbonyl (C=O) groups is 2. The number of nitrogens with zero attached hydrogens (tertiary/aromatic N) is 1. The summed E-state index contributed by atoms with van der Waals surface area (Å²) in [5.74, 6) is -0.436. The summed E-state index contributed by atoms with van der Waals surface area (Å²) in [6.07, 6.45) is 6.52. The van der Waals surface area contributed by atoms with E-state index in [2.05, 4.69) is 15.3 Å². The van der Waals surface area contributed by atoms with Gasteiger partial charge in [-0.15, -0.1) is 0 Å². The van der Waals surface area contributed by atoms with Crippen molar-refractivity contribution in [3.8, 4) is 0 Å². The first kappa shape index (κ1) is 19.4. The minimum Gasteiger partial charge on any atom is -0.469 e. The molecule has 2 aromatic rings. The van der Waals surface area contributed by atoms with Crippen LogP contribution in [0.2, 0.25) is 0 Å². The number of carbonyl (C=O) groups excluding carboxylic acids is 2. The highest BCUT2D eigenvalue weighted by molar-refractivity contribution is 5.87. The number of fused-ring (bicyclic) bond motifs is 1. The number of nitrogens with one attached hydrogen (secondary N) is 1. The van der Waals surface area contributed by atoms with E-state index in [1.54, 1.807) is 24.3 Å². The molecule has 0 aliphatic heterocycles. The average Bonchev–Trinajstić information content (AvgIpc) is 2.66. The molecular weight excluding hydrogens is 336 g/mol. The zero-order valence-corrected chi connectivity index (χ0v) is 14.7. The number of hydrazone groups is 1. The summed E-state index contributed by atoms with van der Waals surface area (Å²) in [5, 5.41) is 4.28. The van der Waals surface area contributed by atoms with Crippen molar-refractivity contribution in [1.82, 2.24) is 5.43 Å². The number of methoxy groups -OCH3 is 1. The predicted molar refractivity (Wildman–Crippen MR) is 97.9 cm³/mol. The third-order valence-electron chi connectivity index (χ3n) is 3.86. The fraction of sp³-hybridized carbons (Fsp3) is 0.368. The summed E-state index contributed by atoms with van der Waals surface area (Å²) in [6, 6.07) is 6.93. The van der Waals surface area contributed by atoms with Gasteiger partial charge in [0.15, 0.2) is 0 Å². The van der Waals surface area contributed by atoms with Gasteiger partial charge < -0.3 is 9.15 Å².